The van der Waals surface area contributed by atoms with Gasteiger partial charge in [-0.15, -0.1) is 0 Å². The van der Waals surface area contributed by atoms with Crippen LogP contribution in [0.4, 0.5) is 0 Å². The summed E-state index contributed by atoms with van der Waals surface area (Å²) in [4.78, 5) is 0. The molecule has 1 N–H and O–H groups in total. The first-order valence-corrected chi connectivity index (χ1v) is 5.96. The van der Waals surface area contributed by atoms with Crippen LogP contribution in [0.15, 0.2) is 0 Å². The summed E-state index contributed by atoms with van der Waals surface area (Å²) >= 11 is -4.79. The van der Waals surface area contributed by atoms with Crippen molar-refractivity contribution in [3.8, 4) is 0 Å². The van der Waals surface area contributed by atoms with E-state index in [1.54, 1.807) is 0 Å². The van der Waals surface area contributed by atoms with Gasteiger partial charge in [0.15, 0.2) is 0 Å². The van der Waals surface area contributed by atoms with Gasteiger partial charge in [0.1, 0.15) is 0 Å². The fourth-order valence-electron chi connectivity index (χ4n) is 0. The van der Waals surface area contributed by atoms with Crippen LogP contribution in [0.3, 0.4) is 0 Å². The first-order chi connectivity index (χ1) is 2.27. The van der Waals surface area contributed by atoms with E-state index in [1.807, 2.05) is 0 Å². The molecule has 0 fully saturated rings. The van der Waals surface area contributed by atoms with Crippen molar-refractivity contribution in [1.29, 1.82) is 0 Å². The van der Waals surface area contributed by atoms with Crippen molar-refractivity contribution in [3.05, 3.63) is 0 Å². The van der Waals surface area contributed by atoms with Crippen molar-refractivity contribution in [3.63, 3.8) is 0 Å². The molecule has 0 aromatic rings. The third-order valence-corrected chi connectivity index (χ3v) is 1.19. The Balaban J connectivity index is -0.0000000800. The van der Waals surface area contributed by atoms with E-state index in [9.17, 15) is 6.65 Å². The molecular formula is H2AlMgO4Ti. The van der Waals surface area contributed by atoms with Crippen molar-refractivity contribution in [1.82, 2.24) is 0 Å². The van der Waals surface area contributed by atoms with Gasteiger partial charge in [0.05, 0.1) is 0 Å². The molecule has 0 heterocycles. The van der Waals surface area contributed by atoms with E-state index >= 15 is 0 Å². The molecule has 0 aliphatic heterocycles. The van der Waals surface area contributed by atoms with Crippen LogP contribution in [0.5, 0.6) is 0 Å². The molecule has 0 spiro atoms. The molecule has 0 saturated carbocycles. The summed E-state index contributed by atoms with van der Waals surface area (Å²) < 4.78 is 27.6. The maximum absolute atomic E-state index is 9.23. The zero-order valence-electron chi connectivity index (χ0n) is 3.75. The molecule has 0 aliphatic carbocycles. The number of hydrogen-bond acceptors (Lipinski definition) is 4. The summed E-state index contributed by atoms with van der Waals surface area (Å²) in [7, 11) is 0. The minimum absolute atomic E-state index is 0. The molecule has 7 heteroatoms. The second-order valence-electron chi connectivity index (χ2n) is 0.437. The van der Waals surface area contributed by atoms with Crippen LogP contribution in [0.2, 0.25) is 0 Å². The molecular weight excluding hydrogens is 163 g/mol. The van der Waals surface area contributed by atoms with Gasteiger partial charge >= 0.3 is 61.5 Å². The van der Waals surface area contributed by atoms with Gasteiger partial charge < -0.3 is 5.48 Å². The number of hydrogen-bond donors (Lipinski definition) is 0. The Hall–Kier alpha value is 1.37. The third-order valence-electron chi connectivity index (χ3n) is 0.0962. The molecule has 0 aromatic carbocycles. The Bertz CT molecular complexity index is 87.9. The Morgan fingerprint density at radius 2 is 1.43 bits per heavy atom. The summed E-state index contributed by atoms with van der Waals surface area (Å²) in [6, 6.07) is 0. The van der Waals surface area contributed by atoms with Crippen LogP contribution >= 0.6 is 0 Å². The Labute approximate surface area is 66.4 Å². The number of rotatable bonds is 1. The molecule has 0 unspecified atom stereocenters. The summed E-state index contributed by atoms with van der Waals surface area (Å²) in [6.07, 6.45) is 0. The van der Waals surface area contributed by atoms with E-state index in [2.05, 4.69) is 0 Å². The van der Waals surface area contributed by atoms with Gasteiger partial charge in [-0.2, -0.15) is 0 Å². The molecule has 4 nitrogen and oxygen atoms in total. The van der Waals surface area contributed by atoms with E-state index in [4.69, 9.17) is 3.80 Å². The fourth-order valence-corrected chi connectivity index (χ4v) is 0. The SMILES string of the molecule is [MgH+].[OH-].[O]=[Al][Ti](=[O])=[O]. The second-order valence-corrected chi connectivity index (χ2v) is 4.72. The van der Waals surface area contributed by atoms with E-state index < -0.39 is 28.0 Å². The average molecular weight is 165 g/mol. The van der Waals surface area contributed by atoms with Crippen LogP contribution in [0, 0.1) is 0 Å². The summed E-state index contributed by atoms with van der Waals surface area (Å²) in [6.45, 7) is 0. The van der Waals surface area contributed by atoms with Gasteiger partial charge in [0.2, 0.25) is 0 Å². The van der Waals surface area contributed by atoms with Crippen molar-refractivity contribution >= 4 is 35.4 Å². The average Bonchev–Trinajstić information content (AvgIpc) is 1.38. The molecule has 0 rings (SSSR count). The van der Waals surface area contributed by atoms with Crippen molar-refractivity contribution < 1.29 is 31.6 Å². The van der Waals surface area contributed by atoms with E-state index in [1.165, 1.54) is 0 Å². The molecule has 7 heavy (non-hydrogen) atoms. The zero-order chi connectivity index (χ0) is 4.28. The molecule has 0 bridgehead atoms. The van der Waals surface area contributed by atoms with Crippen molar-refractivity contribution in [2.45, 2.75) is 0 Å². The van der Waals surface area contributed by atoms with Crippen molar-refractivity contribution in [2.75, 3.05) is 0 Å². The first kappa shape index (κ1) is 15.8. The van der Waals surface area contributed by atoms with E-state index in [-0.39, 0.29) is 28.5 Å². The summed E-state index contributed by atoms with van der Waals surface area (Å²) in [5.41, 5.74) is 0. The van der Waals surface area contributed by atoms with Gasteiger partial charge in [-0.05, 0) is 0 Å². The maximum atomic E-state index is 9.23. The van der Waals surface area contributed by atoms with Gasteiger partial charge in [0.25, 0.3) is 0 Å². The summed E-state index contributed by atoms with van der Waals surface area (Å²) in [5, 5.41) is 0. The Kier molecular flexibility index (Phi) is 23.4. The molecule has 0 aliphatic rings. The van der Waals surface area contributed by atoms with Crippen LogP contribution in [-0.2, 0) is 26.1 Å². The van der Waals surface area contributed by atoms with Crippen LogP contribution < -0.4 is 0 Å². The normalized spacial score (nSPS) is 4.00. The Morgan fingerprint density at radius 1 is 1.29 bits per heavy atom. The van der Waals surface area contributed by atoms with E-state index in [0.29, 0.717) is 0 Å². The minimum atomic E-state index is -3.33. The van der Waals surface area contributed by atoms with Gasteiger partial charge in [-0.25, -0.2) is 0 Å². The first-order valence-electron chi connectivity index (χ1n) is 0.933. The predicted molar refractivity (Wildman–Crippen MR) is 16.9 cm³/mol. The molecule has 0 saturated heterocycles. The topological polar surface area (TPSA) is 81.2 Å². The van der Waals surface area contributed by atoms with Gasteiger partial charge in [-0.1, -0.05) is 0 Å². The van der Waals surface area contributed by atoms with Crippen LogP contribution in [0.25, 0.3) is 0 Å². The van der Waals surface area contributed by atoms with Crippen LogP contribution in [-0.4, -0.2) is 40.9 Å². The summed E-state index contributed by atoms with van der Waals surface area (Å²) in [5.74, 6) is 0. The predicted octanol–water partition coefficient (Wildman–Crippen LogP) is -1.57. The molecule has 0 radical (unpaired) electrons. The zero-order valence-corrected chi connectivity index (χ0v) is 8.47. The van der Waals surface area contributed by atoms with E-state index in [0.717, 1.165) is 0 Å². The second kappa shape index (κ2) is 10.4. The third kappa shape index (κ3) is 18.7. The molecule has 0 aromatic heterocycles. The molecule has 0 atom stereocenters. The molecule has 35 valence electrons. The standard InChI is InChI=1S/Al.Mg.H2O.3O.Ti.H/h;;1H2;;;;;/q;+1;;;;;;/p-1. The monoisotopic (exact) mass is 165 g/mol. The fraction of sp³-hybridized carbons (Fsp3) is 0. The molecule has 0 amide bonds. The van der Waals surface area contributed by atoms with Crippen molar-refractivity contribution in [2.24, 2.45) is 0 Å². The quantitative estimate of drug-likeness (QED) is 0.440. The Morgan fingerprint density at radius 3 is 1.43 bits per heavy atom. The van der Waals surface area contributed by atoms with Crippen LogP contribution in [0.1, 0.15) is 0 Å². The van der Waals surface area contributed by atoms with Gasteiger partial charge in [-0.3, -0.25) is 0 Å². The van der Waals surface area contributed by atoms with Gasteiger partial charge in [0, 0.05) is 0 Å².